The smallest absolute Gasteiger partial charge is 0.344 e. The molecule has 0 bridgehead atoms. The van der Waals surface area contributed by atoms with Gasteiger partial charge < -0.3 is 14.8 Å². The van der Waals surface area contributed by atoms with E-state index in [1.165, 1.54) is 5.56 Å². The zero-order valence-electron chi connectivity index (χ0n) is 16.2. The minimum atomic E-state index is -0.823. The third kappa shape index (κ3) is 5.84. The van der Waals surface area contributed by atoms with Gasteiger partial charge in [-0.2, -0.15) is 0 Å². The normalized spacial score (nSPS) is 15.0. The third-order valence-electron chi connectivity index (χ3n) is 4.93. The molecule has 2 aromatic rings. The summed E-state index contributed by atoms with van der Waals surface area (Å²) in [6, 6.07) is 17.9. The Hall–Kier alpha value is -2.82. The van der Waals surface area contributed by atoms with Crippen LogP contribution in [-0.4, -0.2) is 30.6 Å². The first kappa shape index (κ1) is 19.9. The molecule has 148 valence electrons. The van der Waals surface area contributed by atoms with E-state index in [0.717, 1.165) is 31.2 Å². The minimum Gasteiger partial charge on any atom is -0.482 e. The summed E-state index contributed by atoms with van der Waals surface area (Å²) in [4.78, 5) is 24.2. The van der Waals surface area contributed by atoms with Crippen LogP contribution in [0.25, 0.3) is 0 Å². The Morgan fingerprint density at radius 3 is 2.46 bits per heavy atom. The number of carbonyl (C=O) groups excluding carboxylic acids is 2. The van der Waals surface area contributed by atoms with Crippen LogP contribution < -0.4 is 10.1 Å². The number of rotatable bonds is 8. The summed E-state index contributed by atoms with van der Waals surface area (Å²) in [5.74, 6) is -0.153. The van der Waals surface area contributed by atoms with E-state index in [9.17, 15) is 9.59 Å². The Bertz CT molecular complexity index is 784. The van der Waals surface area contributed by atoms with Crippen LogP contribution >= 0.6 is 0 Å². The van der Waals surface area contributed by atoms with Crippen molar-refractivity contribution in [2.45, 2.75) is 51.2 Å². The predicted octanol–water partition coefficient (Wildman–Crippen LogP) is 3.65. The summed E-state index contributed by atoms with van der Waals surface area (Å²) in [7, 11) is 0. The standard InChI is InChI=1S/C23H27NO4/c1-17(23(26)24-20-12-6-7-13-20)28-22(25)16-27-21-14-8-5-11-19(21)15-18-9-3-2-4-10-18/h2-5,8-11,14,17,20H,6-7,12-13,15-16H2,1H3,(H,24,26)/t17-/m1/s1. The van der Waals surface area contributed by atoms with Gasteiger partial charge in [-0.25, -0.2) is 4.79 Å². The molecule has 0 aromatic heterocycles. The molecule has 5 heteroatoms. The monoisotopic (exact) mass is 381 g/mol. The number of esters is 1. The van der Waals surface area contributed by atoms with Crippen LogP contribution in [0.15, 0.2) is 54.6 Å². The first-order valence-electron chi connectivity index (χ1n) is 9.86. The van der Waals surface area contributed by atoms with Crippen LogP contribution in [0.4, 0.5) is 0 Å². The highest BCUT2D eigenvalue weighted by atomic mass is 16.6. The van der Waals surface area contributed by atoms with Gasteiger partial charge in [-0.15, -0.1) is 0 Å². The lowest BCUT2D eigenvalue weighted by Gasteiger charge is -2.17. The van der Waals surface area contributed by atoms with Gasteiger partial charge >= 0.3 is 5.97 Å². The van der Waals surface area contributed by atoms with Gasteiger partial charge in [0.1, 0.15) is 5.75 Å². The molecular weight excluding hydrogens is 354 g/mol. The summed E-state index contributed by atoms with van der Waals surface area (Å²) in [5.41, 5.74) is 2.16. The van der Waals surface area contributed by atoms with Gasteiger partial charge in [0.25, 0.3) is 5.91 Å². The Morgan fingerprint density at radius 2 is 1.71 bits per heavy atom. The Kier molecular flexibility index (Phi) is 7.06. The minimum absolute atomic E-state index is 0.203. The number of nitrogens with one attached hydrogen (secondary N) is 1. The highest BCUT2D eigenvalue weighted by Gasteiger charge is 2.23. The maximum Gasteiger partial charge on any atom is 0.344 e. The second-order valence-electron chi connectivity index (χ2n) is 7.18. The van der Waals surface area contributed by atoms with Crippen LogP contribution in [0.3, 0.4) is 0 Å². The average Bonchev–Trinajstić information content (AvgIpc) is 3.21. The molecule has 0 heterocycles. The maximum absolute atomic E-state index is 12.1. The fourth-order valence-electron chi connectivity index (χ4n) is 3.42. The summed E-state index contributed by atoms with van der Waals surface area (Å²) < 4.78 is 10.9. The number of amides is 1. The lowest BCUT2D eigenvalue weighted by atomic mass is 10.0. The zero-order chi connectivity index (χ0) is 19.8. The maximum atomic E-state index is 12.1. The van der Waals surface area contributed by atoms with Crippen molar-refractivity contribution in [3.63, 3.8) is 0 Å². The third-order valence-corrected chi connectivity index (χ3v) is 4.93. The molecule has 1 amide bonds. The number of benzene rings is 2. The van der Waals surface area contributed by atoms with Crippen molar-refractivity contribution in [3.8, 4) is 5.75 Å². The molecule has 0 saturated heterocycles. The predicted molar refractivity (Wildman–Crippen MR) is 107 cm³/mol. The van der Waals surface area contributed by atoms with E-state index in [4.69, 9.17) is 9.47 Å². The van der Waals surface area contributed by atoms with Crippen LogP contribution in [0, 0.1) is 0 Å². The second-order valence-corrected chi connectivity index (χ2v) is 7.18. The van der Waals surface area contributed by atoms with Crippen LogP contribution in [-0.2, 0) is 20.7 Å². The van der Waals surface area contributed by atoms with Crippen molar-refractivity contribution in [2.24, 2.45) is 0 Å². The highest BCUT2D eigenvalue weighted by Crippen LogP contribution is 2.21. The molecule has 1 fully saturated rings. The highest BCUT2D eigenvalue weighted by molar-refractivity contribution is 5.83. The SMILES string of the molecule is C[C@@H](OC(=O)COc1ccccc1Cc1ccccc1)C(=O)NC1CCCC1. The summed E-state index contributed by atoms with van der Waals surface area (Å²) in [6.07, 6.45) is 4.15. The van der Waals surface area contributed by atoms with Gasteiger partial charge in [-0.1, -0.05) is 61.4 Å². The van der Waals surface area contributed by atoms with Crippen LogP contribution in [0.1, 0.15) is 43.7 Å². The number of hydrogen-bond donors (Lipinski definition) is 1. The molecule has 1 saturated carbocycles. The molecule has 2 aromatic carbocycles. The van der Waals surface area contributed by atoms with Gasteiger partial charge in [0.2, 0.25) is 0 Å². The van der Waals surface area contributed by atoms with Crippen molar-refractivity contribution in [3.05, 3.63) is 65.7 Å². The fourth-order valence-corrected chi connectivity index (χ4v) is 3.42. The topological polar surface area (TPSA) is 64.6 Å². The summed E-state index contributed by atoms with van der Waals surface area (Å²) in [5, 5.41) is 2.94. The molecule has 0 unspecified atom stereocenters. The molecule has 1 N–H and O–H groups in total. The number of ether oxygens (including phenoxy) is 2. The van der Waals surface area contributed by atoms with Crippen molar-refractivity contribution in [1.82, 2.24) is 5.32 Å². The Labute approximate surface area is 166 Å². The van der Waals surface area contributed by atoms with E-state index in [-0.39, 0.29) is 18.6 Å². The van der Waals surface area contributed by atoms with Gasteiger partial charge in [0.15, 0.2) is 12.7 Å². The fraction of sp³-hybridized carbons (Fsp3) is 0.391. The number of para-hydroxylation sites is 1. The number of carbonyl (C=O) groups is 2. The van der Waals surface area contributed by atoms with Crippen LogP contribution in [0.5, 0.6) is 5.75 Å². The Balaban J connectivity index is 1.49. The molecule has 1 aliphatic carbocycles. The molecule has 0 spiro atoms. The second kappa shape index (κ2) is 9.93. The quantitative estimate of drug-likeness (QED) is 0.709. The molecular formula is C23H27NO4. The van der Waals surface area contributed by atoms with Crippen molar-refractivity contribution >= 4 is 11.9 Å². The van der Waals surface area contributed by atoms with Gasteiger partial charge in [0.05, 0.1) is 0 Å². The lowest BCUT2D eigenvalue weighted by molar-refractivity contribution is -0.156. The number of hydrogen-bond acceptors (Lipinski definition) is 4. The first-order chi connectivity index (χ1) is 13.6. The lowest BCUT2D eigenvalue weighted by Crippen LogP contribution is -2.41. The molecule has 3 rings (SSSR count). The van der Waals surface area contributed by atoms with E-state index < -0.39 is 12.1 Å². The van der Waals surface area contributed by atoms with E-state index >= 15 is 0 Å². The van der Waals surface area contributed by atoms with Crippen molar-refractivity contribution in [2.75, 3.05) is 6.61 Å². The van der Waals surface area contributed by atoms with Gasteiger partial charge in [-0.3, -0.25) is 4.79 Å². The molecule has 1 aliphatic rings. The molecule has 28 heavy (non-hydrogen) atoms. The van der Waals surface area contributed by atoms with E-state index in [1.54, 1.807) is 6.92 Å². The van der Waals surface area contributed by atoms with Gasteiger partial charge in [-0.05, 0) is 37.0 Å². The van der Waals surface area contributed by atoms with Crippen molar-refractivity contribution < 1.29 is 19.1 Å². The van der Waals surface area contributed by atoms with Gasteiger partial charge in [0, 0.05) is 12.5 Å². The van der Waals surface area contributed by atoms with E-state index in [0.29, 0.717) is 12.2 Å². The summed E-state index contributed by atoms with van der Waals surface area (Å²) >= 11 is 0. The van der Waals surface area contributed by atoms with Crippen LogP contribution in [0.2, 0.25) is 0 Å². The molecule has 0 aliphatic heterocycles. The first-order valence-corrected chi connectivity index (χ1v) is 9.86. The molecule has 0 radical (unpaired) electrons. The van der Waals surface area contributed by atoms with E-state index in [1.807, 2.05) is 42.5 Å². The largest absolute Gasteiger partial charge is 0.482 e. The van der Waals surface area contributed by atoms with E-state index in [2.05, 4.69) is 17.4 Å². The summed E-state index contributed by atoms with van der Waals surface area (Å²) in [6.45, 7) is 1.36. The zero-order valence-corrected chi connectivity index (χ0v) is 16.2. The van der Waals surface area contributed by atoms with Crippen molar-refractivity contribution in [1.29, 1.82) is 0 Å². The molecule has 1 atom stereocenters. The average molecular weight is 381 g/mol. The molecule has 5 nitrogen and oxygen atoms in total. The Morgan fingerprint density at radius 1 is 1.04 bits per heavy atom.